The highest BCUT2D eigenvalue weighted by Gasteiger charge is 2.25. The van der Waals surface area contributed by atoms with Crippen molar-refractivity contribution in [3.8, 4) is 11.4 Å². The normalized spacial score (nSPS) is 19.4. The van der Waals surface area contributed by atoms with E-state index >= 15 is 0 Å². The molecule has 3 aromatic rings. The zero-order valence-corrected chi connectivity index (χ0v) is 17.5. The predicted molar refractivity (Wildman–Crippen MR) is 113 cm³/mol. The summed E-state index contributed by atoms with van der Waals surface area (Å²) in [5, 5.41) is 0. The zero-order valence-electron chi connectivity index (χ0n) is 16.6. The number of pyridine rings is 1. The molecule has 0 saturated heterocycles. The van der Waals surface area contributed by atoms with Gasteiger partial charge in [0.25, 0.3) is 5.56 Å². The Labute approximate surface area is 175 Å². The lowest BCUT2D eigenvalue weighted by atomic mass is 9.87. The largest absolute Gasteiger partial charge is 0.490 e. The van der Waals surface area contributed by atoms with Gasteiger partial charge >= 0.3 is 0 Å². The number of hydrogen-bond acceptors (Lipinski definition) is 6. The van der Waals surface area contributed by atoms with Crippen molar-refractivity contribution in [2.45, 2.75) is 42.6 Å². The lowest BCUT2D eigenvalue weighted by molar-refractivity contribution is 0.144. The highest BCUT2D eigenvalue weighted by atomic mass is 32.2. The molecule has 0 amide bonds. The van der Waals surface area contributed by atoms with Crippen molar-refractivity contribution in [3.05, 3.63) is 77.2 Å². The number of sulfone groups is 1. The molecule has 0 bridgehead atoms. The Morgan fingerprint density at radius 3 is 2.27 bits per heavy atom. The number of nitrogens with zero attached hydrogens (tertiary/aromatic N) is 3. The summed E-state index contributed by atoms with van der Waals surface area (Å²) >= 11 is 0. The summed E-state index contributed by atoms with van der Waals surface area (Å²) in [5.41, 5.74) is 0.369. The predicted octanol–water partition coefficient (Wildman–Crippen LogP) is 3.14. The van der Waals surface area contributed by atoms with Crippen molar-refractivity contribution in [1.29, 1.82) is 0 Å². The van der Waals surface area contributed by atoms with Crippen molar-refractivity contribution >= 4 is 9.84 Å². The fourth-order valence-corrected chi connectivity index (χ4v) is 4.38. The van der Waals surface area contributed by atoms with Crippen LogP contribution in [0.2, 0.25) is 0 Å². The SMILES string of the molecule is CS(=O)(=O)c1ccc(-n2ccc(O[C@H]3CC[C@@H](c4ncccn4)CC3)cc2=O)cc1. The first-order valence-corrected chi connectivity index (χ1v) is 11.8. The molecule has 0 spiro atoms. The first-order valence-electron chi connectivity index (χ1n) is 9.87. The van der Waals surface area contributed by atoms with Gasteiger partial charge in [0.2, 0.25) is 0 Å². The molecule has 1 aromatic carbocycles. The molecule has 2 heterocycles. The number of benzene rings is 1. The lowest BCUT2D eigenvalue weighted by Crippen LogP contribution is -2.25. The smallest absolute Gasteiger partial charge is 0.258 e. The average molecular weight is 426 g/mol. The van der Waals surface area contributed by atoms with Crippen LogP contribution in [0, 0.1) is 0 Å². The fourth-order valence-electron chi connectivity index (χ4n) is 3.75. The van der Waals surface area contributed by atoms with Gasteiger partial charge in [0.15, 0.2) is 9.84 Å². The maximum atomic E-state index is 12.5. The quantitative estimate of drug-likeness (QED) is 0.624. The van der Waals surface area contributed by atoms with E-state index in [0.29, 0.717) is 17.4 Å². The molecule has 1 saturated carbocycles. The van der Waals surface area contributed by atoms with E-state index in [1.165, 1.54) is 22.8 Å². The molecule has 0 unspecified atom stereocenters. The fraction of sp³-hybridized carbons (Fsp3) is 0.318. The van der Waals surface area contributed by atoms with Crippen molar-refractivity contribution in [2.24, 2.45) is 0 Å². The van der Waals surface area contributed by atoms with E-state index in [4.69, 9.17) is 4.74 Å². The van der Waals surface area contributed by atoms with Crippen molar-refractivity contribution in [1.82, 2.24) is 14.5 Å². The van der Waals surface area contributed by atoms with E-state index in [9.17, 15) is 13.2 Å². The molecule has 7 nitrogen and oxygen atoms in total. The molecule has 1 fully saturated rings. The Kier molecular flexibility index (Phi) is 5.67. The third-order valence-corrected chi connectivity index (χ3v) is 6.49. The van der Waals surface area contributed by atoms with Crippen LogP contribution < -0.4 is 10.3 Å². The molecular formula is C22H23N3O4S. The van der Waals surface area contributed by atoms with Crippen LogP contribution in [-0.2, 0) is 9.84 Å². The Balaban J connectivity index is 1.41. The highest BCUT2D eigenvalue weighted by Crippen LogP contribution is 2.32. The summed E-state index contributed by atoms with van der Waals surface area (Å²) < 4.78 is 30.7. The molecule has 8 heteroatoms. The van der Waals surface area contributed by atoms with Crippen LogP contribution in [-0.4, -0.2) is 35.3 Å². The Bertz CT molecular complexity index is 1170. The summed E-state index contributed by atoms with van der Waals surface area (Å²) in [5.74, 6) is 1.79. The molecule has 1 aliphatic carbocycles. The van der Waals surface area contributed by atoms with Gasteiger partial charge in [0.1, 0.15) is 11.6 Å². The Hall–Kier alpha value is -3.00. The van der Waals surface area contributed by atoms with E-state index < -0.39 is 9.84 Å². The van der Waals surface area contributed by atoms with Gasteiger partial charge in [-0.15, -0.1) is 0 Å². The van der Waals surface area contributed by atoms with E-state index in [1.807, 2.05) is 6.07 Å². The summed E-state index contributed by atoms with van der Waals surface area (Å²) in [6.45, 7) is 0. The molecule has 0 atom stereocenters. The Morgan fingerprint density at radius 2 is 1.67 bits per heavy atom. The zero-order chi connectivity index (χ0) is 21.1. The summed E-state index contributed by atoms with van der Waals surface area (Å²) in [6.07, 6.45) is 10.1. The van der Waals surface area contributed by atoms with Gasteiger partial charge in [0, 0.05) is 42.5 Å². The monoisotopic (exact) mass is 425 g/mol. The van der Waals surface area contributed by atoms with E-state index in [0.717, 1.165) is 37.8 Å². The molecule has 2 aromatic heterocycles. The first kappa shape index (κ1) is 20.3. The minimum atomic E-state index is -3.27. The lowest BCUT2D eigenvalue weighted by Gasteiger charge is -2.28. The highest BCUT2D eigenvalue weighted by molar-refractivity contribution is 7.90. The molecule has 0 aliphatic heterocycles. The molecule has 0 radical (unpaired) electrons. The second-order valence-electron chi connectivity index (χ2n) is 7.54. The average Bonchev–Trinajstić information content (AvgIpc) is 2.75. The maximum Gasteiger partial charge on any atom is 0.258 e. The van der Waals surface area contributed by atoms with Crippen LogP contribution in [0.3, 0.4) is 0 Å². The molecule has 1 aliphatic rings. The van der Waals surface area contributed by atoms with Gasteiger partial charge in [0.05, 0.1) is 11.0 Å². The van der Waals surface area contributed by atoms with Gasteiger partial charge in [-0.05, 0) is 62.1 Å². The van der Waals surface area contributed by atoms with Crippen LogP contribution in [0.4, 0.5) is 0 Å². The topological polar surface area (TPSA) is 91.2 Å². The number of rotatable bonds is 5. The molecule has 30 heavy (non-hydrogen) atoms. The van der Waals surface area contributed by atoms with E-state index in [2.05, 4.69) is 9.97 Å². The van der Waals surface area contributed by atoms with E-state index in [-0.39, 0.29) is 16.6 Å². The van der Waals surface area contributed by atoms with Crippen LogP contribution in [0.1, 0.15) is 37.4 Å². The second kappa shape index (κ2) is 8.39. The van der Waals surface area contributed by atoms with Crippen LogP contribution >= 0.6 is 0 Å². The maximum absolute atomic E-state index is 12.5. The molecule has 0 N–H and O–H groups in total. The van der Waals surface area contributed by atoms with E-state index in [1.54, 1.807) is 36.8 Å². The van der Waals surface area contributed by atoms with Gasteiger partial charge in [-0.3, -0.25) is 9.36 Å². The van der Waals surface area contributed by atoms with Crippen molar-refractivity contribution < 1.29 is 13.2 Å². The molecular weight excluding hydrogens is 402 g/mol. The van der Waals surface area contributed by atoms with Crippen molar-refractivity contribution in [2.75, 3.05) is 6.26 Å². The van der Waals surface area contributed by atoms with Crippen LogP contribution in [0.25, 0.3) is 5.69 Å². The molecule has 156 valence electrons. The second-order valence-corrected chi connectivity index (χ2v) is 9.55. The van der Waals surface area contributed by atoms with Gasteiger partial charge in [-0.1, -0.05) is 0 Å². The van der Waals surface area contributed by atoms with Crippen LogP contribution in [0.15, 0.2) is 70.7 Å². The summed E-state index contributed by atoms with van der Waals surface area (Å²) in [7, 11) is -3.27. The van der Waals surface area contributed by atoms with Gasteiger partial charge in [-0.25, -0.2) is 18.4 Å². The summed E-state index contributed by atoms with van der Waals surface area (Å²) in [6, 6.07) is 11.3. The molecule has 4 rings (SSSR count). The number of hydrogen-bond donors (Lipinski definition) is 0. The minimum Gasteiger partial charge on any atom is -0.490 e. The first-order chi connectivity index (χ1) is 14.4. The Morgan fingerprint density at radius 1 is 1.00 bits per heavy atom. The number of aromatic nitrogens is 3. The van der Waals surface area contributed by atoms with Crippen molar-refractivity contribution in [3.63, 3.8) is 0 Å². The number of ether oxygens (including phenoxy) is 1. The third-order valence-electron chi connectivity index (χ3n) is 5.36. The standard InChI is InChI=1S/C22H23N3O4S/c1-30(27,28)20-9-5-17(6-10-20)25-14-11-19(15-21(25)26)29-18-7-3-16(4-8-18)22-23-12-2-13-24-22/h2,5-6,9-16,18H,3-4,7-8H2,1H3/t16-,18+. The third kappa shape index (κ3) is 4.59. The van der Waals surface area contributed by atoms with Gasteiger partial charge in [-0.2, -0.15) is 0 Å². The van der Waals surface area contributed by atoms with Crippen LogP contribution in [0.5, 0.6) is 5.75 Å². The summed E-state index contributed by atoms with van der Waals surface area (Å²) in [4.78, 5) is 21.5. The minimum absolute atomic E-state index is 0.0641. The van der Waals surface area contributed by atoms with Gasteiger partial charge < -0.3 is 4.74 Å².